The Bertz CT molecular complexity index is 770. The second-order valence-corrected chi connectivity index (χ2v) is 7.67. The second-order valence-electron chi connectivity index (χ2n) is 5.69. The maximum Gasteiger partial charge on any atom is 0.221 e. The molecule has 1 amide bonds. The molecule has 0 aliphatic rings. The highest BCUT2D eigenvalue weighted by atomic mass is 32.2. The van der Waals surface area contributed by atoms with Crippen molar-refractivity contribution in [3.05, 3.63) is 59.5 Å². The molecule has 0 aliphatic carbocycles. The van der Waals surface area contributed by atoms with Gasteiger partial charge in [-0.1, -0.05) is 29.8 Å². The molecule has 0 saturated heterocycles. The van der Waals surface area contributed by atoms with Crippen LogP contribution in [0.1, 0.15) is 23.3 Å². The number of hydrogen-bond acceptors (Lipinski definition) is 4. The van der Waals surface area contributed by atoms with Gasteiger partial charge in [-0.05, 0) is 24.6 Å². The zero-order valence-corrected chi connectivity index (χ0v) is 14.7. The fourth-order valence-corrected chi connectivity index (χ4v) is 3.06. The summed E-state index contributed by atoms with van der Waals surface area (Å²) in [6.07, 6.45) is 2.71. The zero-order chi connectivity index (χ0) is 17.6. The van der Waals surface area contributed by atoms with Crippen molar-refractivity contribution in [2.24, 2.45) is 0 Å². The quantitative estimate of drug-likeness (QED) is 0.790. The molecule has 1 N–H and O–H groups in total. The number of hydrogen-bond donors (Lipinski definition) is 1. The van der Waals surface area contributed by atoms with Gasteiger partial charge in [-0.25, -0.2) is 8.42 Å². The van der Waals surface area contributed by atoms with Crippen molar-refractivity contribution in [3.8, 4) is 0 Å². The maximum absolute atomic E-state index is 12.0. The first kappa shape index (κ1) is 18.2. The normalized spacial score (nSPS) is 11.6. The van der Waals surface area contributed by atoms with Gasteiger partial charge >= 0.3 is 0 Å². The van der Waals surface area contributed by atoms with Crippen molar-refractivity contribution in [1.82, 2.24) is 9.62 Å². The molecule has 1 heterocycles. The summed E-state index contributed by atoms with van der Waals surface area (Å²) in [7, 11) is -3.42. The molecule has 130 valence electrons. The van der Waals surface area contributed by atoms with Gasteiger partial charge in [0.25, 0.3) is 0 Å². The van der Waals surface area contributed by atoms with Gasteiger partial charge in [0.2, 0.25) is 15.9 Å². The third-order valence-electron chi connectivity index (χ3n) is 3.54. The van der Waals surface area contributed by atoms with E-state index >= 15 is 0 Å². The van der Waals surface area contributed by atoms with Crippen molar-refractivity contribution >= 4 is 15.9 Å². The number of furan rings is 1. The lowest BCUT2D eigenvalue weighted by atomic mass is 10.1. The highest BCUT2D eigenvalue weighted by Crippen LogP contribution is 2.10. The van der Waals surface area contributed by atoms with Gasteiger partial charge in [0.05, 0.1) is 19.1 Å². The summed E-state index contributed by atoms with van der Waals surface area (Å²) < 4.78 is 30.1. The number of carbonyl (C=O) groups is 1. The van der Waals surface area contributed by atoms with Crippen LogP contribution in [0.15, 0.2) is 47.1 Å². The van der Waals surface area contributed by atoms with Crippen LogP contribution in [0.4, 0.5) is 0 Å². The summed E-state index contributed by atoms with van der Waals surface area (Å²) in [4.78, 5) is 12.0. The van der Waals surface area contributed by atoms with Gasteiger partial charge in [0.15, 0.2) is 0 Å². The van der Waals surface area contributed by atoms with E-state index in [1.807, 2.05) is 31.2 Å². The van der Waals surface area contributed by atoms with Crippen molar-refractivity contribution in [2.45, 2.75) is 26.4 Å². The van der Waals surface area contributed by atoms with Crippen LogP contribution in [0.5, 0.6) is 0 Å². The molecule has 1 aromatic carbocycles. The molecule has 0 spiro atoms. The standard InChI is InChI=1S/C17H22N2O4S/c1-14-5-3-6-15(11-14)12-18-17(20)8-9-19(24(2,21)22)13-16-7-4-10-23-16/h3-7,10-11H,8-9,12-13H2,1-2H3,(H,18,20). The number of rotatable bonds is 8. The molecule has 6 nitrogen and oxygen atoms in total. The third-order valence-corrected chi connectivity index (χ3v) is 4.79. The summed E-state index contributed by atoms with van der Waals surface area (Å²) in [5, 5.41) is 2.81. The van der Waals surface area contributed by atoms with Crippen LogP contribution in [0.25, 0.3) is 0 Å². The fraction of sp³-hybridized carbons (Fsp3) is 0.353. The highest BCUT2D eigenvalue weighted by Gasteiger charge is 2.19. The summed E-state index contributed by atoms with van der Waals surface area (Å²) in [5.41, 5.74) is 2.14. The predicted molar refractivity (Wildman–Crippen MR) is 91.6 cm³/mol. The summed E-state index contributed by atoms with van der Waals surface area (Å²) in [5.74, 6) is 0.352. The first-order valence-electron chi connectivity index (χ1n) is 7.64. The molecule has 0 saturated carbocycles. The van der Waals surface area contributed by atoms with Gasteiger partial charge < -0.3 is 9.73 Å². The average molecular weight is 350 g/mol. The van der Waals surface area contributed by atoms with E-state index in [1.54, 1.807) is 12.1 Å². The molecule has 0 bridgehead atoms. The number of aryl methyl sites for hydroxylation is 1. The number of nitrogens with one attached hydrogen (secondary N) is 1. The largest absolute Gasteiger partial charge is 0.468 e. The van der Waals surface area contributed by atoms with Crippen LogP contribution < -0.4 is 5.32 Å². The molecular weight excluding hydrogens is 328 g/mol. The second kappa shape index (κ2) is 8.12. The van der Waals surface area contributed by atoms with Gasteiger partial charge in [0.1, 0.15) is 5.76 Å². The molecular formula is C17H22N2O4S. The Hall–Kier alpha value is -2.12. The Labute approximate surface area is 142 Å². The molecule has 2 rings (SSSR count). The minimum atomic E-state index is -3.42. The molecule has 1 aromatic heterocycles. The van der Waals surface area contributed by atoms with Gasteiger partial charge in [0, 0.05) is 19.5 Å². The lowest BCUT2D eigenvalue weighted by Gasteiger charge is -2.18. The molecule has 0 atom stereocenters. The Balaban J connectivity index is 1.85. The minimum absolute atomic E-state index is 0.0968. The van der Waals surface area contributed by atoms with Crippen LogP contribution in [0.3, 0.4) is 0 Å². The summed E-state index contributed by atoms with van der Waals surface area (Å²) in [6.45, 7) is 2.65. The predicted octanol–water partition coefficient (Wildman–Crippen LogP) is 2.06. The molecule has 0 radical (unpaired) electrons. The molecule has 24 heavy (non-hydrogen) atoms. The van der Waals surface area contributed by atoms with E-state index in [1.165, 1.54) is 10.6 Å². The van der Waals surface area contributed by atoms with E-state index in [0.29, 0.717) is 12.3 Å². The third kappa shape index (κ3) is 5.82. The van der Waals surface area contributed by atoms with Crippen molar-refractivity contribution in [2.75, 3.05) is 12.8 Å². The van der Waals surface area contributed by atoms with E-state index in [0.717, 1.165) is 17.4 Å². The Morgan fingerprint density at radius 1 is 1.25 bits per heavy atom. The first-order chi connectivity index (χ1) is 11.3. The molecule has 0 unspecified atom stereocenters. The van der Waals surface area contributed by atoms with Crippen LogP contribution in [0, 0.1) is 6.92 Å². The number of benzene rings is 1. The topological polar surface area (TPSA) is 79.6 Å². The highest BCUT2D eigenvalue weighted by molar-refractivity contribution is 7.88. The SMILES string of the molecule is Cc1cccc(CNC(=O)CCN(Cc2ccco2)S(C)(=O)=O)c1. The van der Waals surface area contributed by atoms with Gasteiger partial charge in [-0.15, -0.1) is 0 Å². The Morgan fingerprint density at radius 3 is 2.67 bits per heavy atom. The molecule has 7 heteroatoms. The van der Waals surface area contributed by atoms with Crippen LogP contribution >= 0.6 is 0 Å². The smallest absolute Gasteiger partial charge is 0.221 e. The number of sulfonamides is 1. The van der Waals surface area contributed by atoms with E-state index in [4.69, 9.17) is 4.42 Å². The molecule has 0 fully saturated rings. The fourth-order valence-electron chi connectivity index (χ4n) is 2.28. The lowest BCUT2D eigenvalue weighted by molar-refractivity contribution is -0.121. The van der Waals surface area contributed by atoms with Crippen molar-refractivity contribution in [1.29, 1.82) is 0 Å². The van der Waals surface area contributed by atoms with Gasteiger partial charge in [-0.2, -0.15) is 4.31 Å². The van der Waals surface area contributed by atoms with E-state index in [2.05, 4.69) is 5.32 Å². The van der Waals surface area contributed by atoms with Crippen LogP contribution in [-0.4, -0.2) is 31.4 Å². The van der Waals surface area contributed by atoms with Crippen LogP contribution in [-0.2, 0) is 27.9 Å². The Morgan fingerprint density at radius 2 is 2.04 bits per heavy atom. The average Bonchev–Trinajstić information content (AvgIpc) is 3.01. The van der Waals surface area contributed by atoms with E-state index < -0.39 is 10.0 Å². The zero-order valence-electron chi connectivity index (χ0n) is 13.9. The number of amides is 1. The molecule has 0 aliphatic heterocycles. The summed E-state index contributed by atoms with van der Waals surface area (Å²) in [6, 6.07) is 11.3. The first-order valence-corrected chi connectivity index (χ1v) is 9.49. The number of nitrogens with zero attached hydrogens (tertiary/aromatic N) is 1. The lowest BCUT2D eigenvalue weighted by Crippen LogP contribution is -2.34. The molecule has 2 aromatic rings. The monoisotopic (exact) mass is 350 g/mol. The van der Waals surface area contributed by atoms with E-state index in [-0.39, 0.29) is 25.4 Å². The number of carbonyl (C=O) groups excluding carboxylic acids is 1. The van der Waals surface area contributed by atoms with E-state index in [9.17, 15) is 13.2 Å². The van der Waals surface area contributed by atoms with Crippen molar-refractivity contribution in [3.63, 3.8) is 0 Å². The summed E-state index contributed by atoms with van der Waals surface area (Å²) >= 11 is 0. The van der Waals surface area contributed by atoms with Gasteiger partial charge in [-0.3, -0.25) is 4.79 Å². The Kier molecular flexibility index (Phi) is 6.16. The maximum atomic E-state index is 12.0. The van der Waals surface area contributed by atoms with Crippen molar-refractivity contribution < 1.29 is 17.6 Å². The van der Waals surface area contributed by atoms with Crippen LogP contribution in [0.2, 0.25) is 0 Å². The minimum Gasteiger partial charge on any atom is -0.468 e.